The van der Waals surface area contributed by atoms with E-state index in [0.29, 0.717) is 42.8 Å². The molecule has 1 fully saturated rings. The van der Waals surface area contributed by atoms with Crippen LogP contribution in [0.4, 0.5) is 0 Å². The zero-order chi connectivity index (χ0) is 24.4. The molecule has 0 aliphatic heterocycles. The highest BCUT2D eigenvalue weighted by Gasteiger charge is 2.27. The van der Waals surface area contributed by atoms with Crippen molar-refractivity contribution < 1.29 is 14.7 Å². The number of aliphatic carboxylic acids is 1. The van der Waals surface area contributed by atoms with Gasteiger partial charge in [-0.05, 0) is 72.7 Å². The number of carbonyl (C=O) groups excluding carboxylic acids is 1. The number of carbonyl (C=O) groups is 2. The van der Waals surface area contributed by atoms with Crippen molar-refractivity contribution in [2.75, 3.05) is 0 Å². The molecule has 1 amide bonds. The van der Waals surface area contributed by atoms with E-state index in [1.165, 1.54) is 0 Å². The van der Waals surface area contributed by atoms with Gasteiger partial charge in [-0.2, -0.15) is 0 Å². The van der Waals surface area contributed by atoms with Gasteiger partial charge in [-0.15, -0.1) is 0 Å². The van der Waals surface area contributed by atoms with Crippen molar-refractivity contribution in [2.24, 2.45) is 5.92 Å². The standard InChI is InChI=1S/C28H26ClN3O3/c29-25-10-9-24(27(33)31-22-7-5-21(6-8-22)28(34)35)26-23(25)13-16-32(26)17-18-1-3-19(4-2-18)20-11-14-30-15-12-20/h1-4,9-16,21-22H,5-8,17H2,(H,31,33)(H,34,35). The molecule has 0 unspecified atom stereocenters. The number of hydrogen-bond acceptors (Lipinski definition) is 3. The van der Waals surface area contributed by atoms with Crippen LogP contribution in [-0.4, -0.2) is 32.6 Å². The van der Waals surface area contributed by atoms with Crippen LogP contribution in [0, 0.1) is 5.92 Å². The summed E-state index contributed by atoms with van der Waals surface area (Å²) in [5.74, 6) is -1.22. The first kappa shape index (κ1) is 23.1. The Morgan fingerprint density at radius 2 is 1.63 bits per heavy atom. The van der Waals surface area contributed by atoms with Gasteiger partial charge in [-0.3, -0.25) is 14.6 Å². The van der Waals surface area contributed by atoms with E-state index in [-0.39, 0.29) is 17.9 Å². The van der Waals surface area contributed by atoms with Gasteiger partial charge in [0.1, 0.15) is 0 Å². The highest BCUT2D eigenvalue weighted by Crippen LogP contribution is 2.30. The Morgan fingerprint density at radius 3 is 2.31 bits per heavy atom. The first-order valence-corrected chi connectivity index (χ1v) is 12.2. The van der Waals surface area contributed by atoms with Gasteiger partial charge in [0.2, 0.25) is 0 Å². The molecule has 35 heavy (non-hydrogen) atoms. The summed E-state index contributed by atoms with van der Waals surface area (Å²) in [5, 5.41) is 13.8. The molecule has 2 aromatic heterocycles. The highest BCUT2D eigenvalue weighted by molar-refractivity contribution is 6.36. The monoisotopic (exact) mass is 487 g/mol. The summed E-state index contributed by atoms with van der Waals surface area (Å²) in [5.41, 5.74) is 4.71. The van der Waals surface area contributed by atoms with E-state index in [9.17, 15) is 14.7 Å². The smallest absolute Gasteiger partial charge is 0.306 e. The van der Waals surface area contributed by atoms with Gasteiger partial charge < -0.3 is 15.0 Å². The van der Waals surface area contributed by atoms with E-state index in [0.717, 1.165) is 27.6 Å². The number of carboxylic acids is 1. The number of rotatable bonds is 6. The Balaban J connectivity index is 1.37. The molecular formula is C28H26ClN3O3. The van der Waals surface area contributed by atoms with Crippen LogP contribution >= 0.6 is 11.6 Å². The van der Waals surface area contributed by atoms with Crippen molar-refractivity contribution in [3.8, 4) is 11.1 Å². The number of carboxylic acid groups (broad SMARTS) is 1. The third-order valence-electron chi connectivity index (χ3n) is 6.85. The van der Waals surface area contributed by atoms with E-state index in [1.807, 2.05) is 24.4 Å². The maximum absolute atomic E-state index is 13.3. The molecule has 0 saturated heterocycles. The third-order valence-corrected chi connectivity index (χ3v) is 7.18. The fourth-order valence-electron chi connectivity index (χ4n) is 4.90. The minimum atomic E-state index is -0.749. The number of nitrogens with one attached hydrogen (secondary N) is 1. The largest absolute Gasteiger partial charge is 0.481 e. The van der Waals surface area contributed by atoms with Crippen molar-refractivity contribution in [1.82, 2.24) is 14.9 Å². The van der Waals surface area contributed by atoms with Crippen LogP contribution in [0.5, 0.6) is 0 Å². The van der Waals surface area contributed by atoms with Gasteiger partial charge >= 0.3 is 5.97 Å². The fourth-order valence-corrected chi connectivity index (χ4v) is 5.11. The third kappa shape index (κ3) is 4.93. The lowest BCUT2D eigenvalue weighted by Crippen LogP contribution is -2.38. The second-order valence-electron chi connectivity index (χ2n) is 9.09. The summed E-state index contributed by atoms with van der Waals surface area (Å²) in [4.78, 5) is 28.6. The number of amides is 1. The second-order valence-corrected chi connectivity index (χ2v) is 9.50. The minimum Gasteiger partial charge on any atom is -0.481 e. The van der Waals surface area contributed by atoms with Crippen LogP contribution in [0.15, 0.2) is 73.2 Å². The van der Waals surface area contributed by atoms with Crippen molar-refractivity contribution in [1.29, 1.82) is 0 Å². The molecule has 0 radical (unpaired) electrons. The number of hydrogen-bond donors (Lipinski definition) is 2. The zero-order valence-electron chi connectivity index (χ0n) is 19.2. The van der Waals surface area contributed by atoms with Crippen molar-refractivity contribution in [3.05, 3.63) is 89.3 Å². The summed E-state index contributed by atoms with van der Waals surface area (Å²) in [6.45, 7) is 0.602. The molecule has 2 aromatic carbocycles. The lowest BCUT2D eigenvalue weighted by molar-refractivity contribution is -0.142. The number of fused-ring (bicyclic) bond motifs is 1. The fraction of sp³-hybridized carbons (Fsp3) is 0.250. The molecular weight excluding hydrogens is 462 g/mol. The Morgan fingerprint density at radius 1 is 0.943 bits per heavy atom. The molecule has 1 aliphatic carbocycles. The first-order valence-electron chi connectivity index (χ1n) is 11.8. The Kier molecular flexibility index (Phi) is 6.55. The molecule has 0 bridgehead atoms. The molecule has 0 spiro atoms. The van der Waals surface area contributed by atoms with Crippen LogP contribution in [0.25, 0.3) is 22.0 Å². The second kappa shape index (κ2) is 9.92. The van der Waals surface area contributed by atoms with Crippen LogP contribution in [0.3, 0.4) is 0 Å². The first-order chi connectivity index (χ1) is 17.0. The maximum atomic E-state index is 13.3. The summed E-state index contributed by atoms with van der Waals surface area (Å²) in [6.07, 6.45) is 8.04. The summed E-state index contributed by atoms with van der Waals surface area (Å²) >= 11 is 6.47. The van der Waals surface area contributed by atoms with Crippen LogP contribution in [0.2, 0.25) is 5.02 Å². The maximum Gasteiger partial charge on any atom is 0.306 e. The summed E-state index contributed by atoms with van der Waals surface area (Å²) in [6, 6.07) is 17.8. The summed E-state index contributed by atoms with van der Waals surface area (Å²) in [7, 11) is 0. The molecule has 2 N–H and O–H groups in total. The molecule has 1 aliphatic rings. The Labute approximate surface area is 208 Å². The molecule has 5 rings (SSSR count). The van der Waals surface area contributed by atoms with Gasteiger partial charge in [0.15, 0.2) is 0 Å². The van der Waals surface area contributed by atoms with E-state index in [1.54, 1.807) is 24.5 Å². The molecule has 1 saturated carbocycles. The Bertz CT molecular complexity index is 1360. The number of aromatic nitrogens is 2. The predicted octanol–water partition coefficient (Wildman–Crippen LogP) is 5.78. The van der Waals surface area contributed by atoms with Gasteiger partial charge in [0, 0.05) is 41.6 Å². The molecule has 178 valence electrons. The van der Waals surface area contributed by atoms with Crippen molar-refractivity contribution in [2.45, 2.75) is 38.3 Å². The zero-order valence-corrected chi connectivity index (χ0v) is 19.9. The summed E-state index contributed by atoms with van der Waals surface area (Å²) < 4.78 is 2.05. The topological polar surface area (TPSA) is 84.2 Å². The Hall–Kier alpha value is -3.64. The van der Waals surface area contributed by atoms with Gasteiger partial charge in [-0.1, -0.05) is 35.9 Å². The van der Waals surface area contributed by atoms with Gasteiger partial charge in [-0.25, -0.2) is 0 Å². The average molecular weight is 488 g/mol. The van der Waals surface area contributed by atoms with Crippen LogP contribution in [0.1, 0.15) is 41.6 Å². The number of nitrogens with zero attached hydrogens (tertiary/aromatic N) is 2. The van der Waals surface area contributed by atoms with Gasteiger partial charge in [0.25, 0.3) is 5.91 Å². The SMILES string of the molecule is O=C(NC1CCC(C(=O)O)CC1)c1ccc(Cl)c2ccn(Cc3ccc(-c4ccncc4)cc3)c12. The van der Waals surface area contributed by atoms with E-state index >= 15 is 0 Å². The highest BCUT2D eigenvalue weighted by atomic mass is 35.5. The van der Waals surface area contributed by atoms with Crippen LogP contribution < -0.4 is 5.32 Å². The van der Waals surface area contributed by atoms with Crippen molar-refractivity contribution >= 4 is 34.4 Å². The molecule has 4 aromatic rings. The van der Waals surface area contributed by atoms with E-state index in [2.05, 4.69) is 39.1 Å². The lowest BCUT2D eigenvalue weighted by atomic mass is 9.86. The molecule has 0 atom stereocenters. The predicted molar refractivity (Wildman–Crippen MR) is 137 cm³/mol. The molecule has 6 nitrogen and oxygen atoms in total. The van der Waals surface area contributed by atoms with E-state index < -0.39 is 5.97 Å². The number of benzene rings is 2. The van der Waals surface area contributed by atoms with Gasteiger partial charge in [0.05, 0.1) is 17.0 Å². The quantitative estimate of drug-likeness (QED) is 0.361. The normalized spacial score (nSPS) is 17.9. The number of halogens is 1. The van der Waals surface area contributed by atoms with Crippen molar-refractivity contribution in [3.63, 3.8) is 0 Å². The van der Waals surface area contributed by atoms with Crippen LogP contribution in [-0.2, 0) is 11.3 Å². The average Bonchev–Trinajstić information content (AvgIpc) is 3.30. The number of pyridine rings is 1. The lowest BCUT2D eigenvalue weighted by Gasteiger charge is -2.27. The van der Waals surface area contributed by atoms with E-state index in [4.69, 9.17) is 11.6 Å². The molecule has 7 heteroatoms. The molecule has 2 heterocycles. The minimum absolute atomic E-state index is 0.0204.